The third-order valence-electron chi connectivity index (χ3n) is 3.92. The lowest BCUT2D eigenvalue weighted by Gasteiger charge is -2.34. The Bertz CT molecular complexity index is 694. The molecule has 2 aromatic rings. The number of nitrogens with two attached hydrogens (primary N) is 1. The van der Waals surface area contributed by atoms with Gasteiger partial charge in [-0.1, -0.05) is 24.3 Å². The lowest BCUT2D eigenvalue weighted by molar-refractivity contribution is -0.138. The molecule has 0 aliphatic heterocycles. The van der Waals surface area contributed by atoms with Gasteiger partial charge in [-0.05, 0) is 42.3 Å². The number of aliphatic hydroxyl groups is 1. The Morgan fingerprint density at radius 2 is 1.08 bits per heavy atom. The normalized spacial score (nSPS) is 14.4. The topological polar surface area (TPSA) is 46.2 Å². The molecular formula is C17H15F6NO. The van der Waals surface area contributed by atoms with Crippen molar-refractivity contribution >= 4 is 0 Å². The van der Waals surface area contributed by atoms with Gasteiger partial charge in [-0.3, -0.25) is 0 Å². The van der Waals surface area contributed by atoms with E-state index in [2.05, 4.69) is 0 Å². The molecule has 0 saturated heterocycles. The Kier molecular flexibility index (Phi) is 4.89. The van der Waals surface area contributed by atoms with E-state index < -0.39 is 35.1 Å². The van der Waals surface area contributed by atoms with Crippen molar-refractivity contribution in [2.75, 3.05) is 0 Å². The minimum Gasteiger partial charge on any atom is -0.379 e. The first kappa shape index (κ1) is 19.3. The van der Waals surface area contributed by atoms with Crippen LogP contribution in [0.3, 0.4) is 0 Å². The first-order valence-electron chi connectivity index (χ1n) is 7.20. The van der Waals surface area contributed by atoms with Gasteiger partial charge >= 0.3 is 12.4 Å². The van der Waals surface area contributed by atoms with Crippen LogP contribution in [-0.2, 0) is 18.0 Å². The number of halogens is 6. The highest BCUT2D eigenvalue weighted by Gasteiger charge is 2.40. The van der Waals surface area contributed by atoms with Crippen LogP contribution >= 0.6 is 0 Å². The van der Waals surface area contributed by atoms with Crippen LogP contribution in [0, 0.1) is 0 Å². The predicted octanol–water partition coefficient (Wildman–Crippen LogP) is 4.31. The predicted molar refractivity (Wildman–Crippen MR) is 79.5 cm³/mol. The van der Waals surface area contributed by atoms with Gasteiger partial charge in [-0.15, -0.1) is 0 Å². The van der Waals surface area contributed by atoms with Gasteiger partial charge in [0.25, 0.3) is 0 Å². The molecule has 2 rings (SSSR count). The SMILES string of the molecule is CC(N)C(O)(c1cccc(C(F)(F)F)c1)c1cccc(C(F)(F)F)c1. The van der Waals surface area contributed by atoms with Gasteiger partial charge in [0.15, 0.2) is 0 Å². The van der Waals surface area contributed by atoms with Crippen molar-refractivity contribution in [3.8, 4) is 0 Å². The summed E-state index contributed by atoms with van der Waals surface area (Å²) in [5.41, 5.74) is 0.980. The molecule has 3 N–H and O–H groups in total. The number of alkyl halides is 6. The summed E-state index contributed by atoms with van der Waals surface area (Å²) >= 11 is 0. The Morgan fingerprint density at radius 1 is 0.760 bits per heavy atom. The molecule has 0 aliphatic carbocycles. The van der Waals surface area contributed by atoms with Crippen molar-refractivity contribution in [1.82, 2.24) is 0 Å². The van der Waals surface area contributed by atoms with Crippen molar-refractivity contribution in [2.45, 2.75) is 30.9 Å². The summed E-state index contributed by atoms with van der Waals surface area (Å²) in [5.74, 6) is 0. The Labute approximate surface area is 139 Å². The Balaban J connectivity index is 2.65. The fourth-order valence-corrected chi connectivity index (χ4v) is 2.56. The van der Waals surface area contributed by atoms with Gasteiger partial charge in [0.05, 0.1) is 11.1 Å². The average Bonchev–Trinajstić information content (AvgIpc) is 2.52. The lowest BCUT2D eigenvalue weighted by atomic mass is 9.80. The molecular weight excluding hydrogens is 348 g/mol. The van der Waals surface area contributed by atoms with Crippen molar-refractivity contribution < 1.29 is 31.4 Å². The zero-order valence-corrected chi connectivity index (χ0v) is 13.0. The molecule has 1 unspecified atom stereocenters. The van der Waals surface area contributed by atoms with Gasteiger partial charge in [0.2, 0.25) is 0 Å². The van der Waals surface area contributed by atoms with E-state index >= 15 is 0 Å². The molecule has 0 radical (unpaired) electrons. The highest BCUT2D eigenvalue weighted by molar-refractivity contribution is 5.42. The van der Waals surface area contributed by atoms with Gasteiger partial charge in [0, 0.05) is 6.04 Å². The van der Waals surface area contributed by atoms with Crippen LogP contribution in [0.25, 0.3) is 0 Å². The molecule has 2 nitrogen and oxygen atoms in total. The van der Waals surface area contributed by atoms with Crippen molar-refractivity contribution in [1.29, 1.82) is 0 Å². The van der Waals surface area contributed by atoms with Crippen molar-refractivity contribution in [3.05, 3.63) is 70.8 Å². The monoisotopic (exact) mass is 363 g/mol. The van der Waals surface area contributed by atoms with E-state index in [0.717, 1.165) is 24.3 Å². The first-order chi connectivity index (χ1) is 11.4. The highest BCUT2D eigenvalue weighted by atomic mass is 19.4. The molecule has 1 atom stereocenters. The largest absolute Gasteiger partial charge is 0.416 e. The fraction of sp³-hybridized carbons (Fsp3) is 0.294. The smallest absolute Gasteiger partial charge is 0.379 e. The van der Waals surface area contributed by atoms with Crippen LogP contribution in [-0.4, -0.2) is 11.1 Å². The van der Waals surface area contributed by atoms with E-state index in [9.17, 15) is 31.4 Å². The summed E-state index contributed by atoms with van der Waals surface area (Å²) in [6.07, 6.45) is -9.33. The van der Waals surface area contributed by atoms with Crippen molar-refractivity contribution in [2.24, 2.45) is 5.73 Å². The molecule has 0 fully saturated rings. The van der Waals surface area contributed by atoms with Gasteiger partial charge in [-0.25, -0.2) is 0 Å². The molecule has 2 aromatic carbocycles. The molecule has 25 heavy (non-hydrogen) atoms. The van der Waals surface area contributed by atoms with Crippen LogP contribution in [0.1, 0.15) is 29.2 Å². The average molecular weight is 363 g/mol. The number of benzene rings is 2. The lowest BCUT2D eigenvalue weighted by Crippen LogP contribution is -2.44. The van der Waals surface area contributed by atoms with Gasteiger partial charge in [0.1, 0.15) is 5.60 Å². The Hall–Kier alpha value is -2.06. The quantitative estimate of drug-likeness (QED) is 0.799. The van der Waals surface area contributed by atoms with E-state index in [1.807, 2.05) is 0 Å². The van der Waals surface area contributed by atoms with E-state index in [1.54, 1.807) is 0 Å². The summed E-state index contributed by atoms with van der Waals surface area (Å²) in [6, 6.07) is 6.33. The fourth-order valence-electron chi connectivity index (χ4n) is 2.56. The minimum atomic E-state index is -4.66. The van der Waals surface area contributed by atoms with Crippen molar-refractivity contribution in [3.63, 3.8) is 0 Å². The zero-order chi connectivity index (χ0) is 19.0. The molecule has 0 amide bonds. The third-order valence-corrected chi connectivity index (χ3v) is 3.92. The minimum absolute atomic E-state index is 0.239. The summed E-state index contributed by atoms with van der Waals surface area (Å²) in [4.78, 5) is 0. The van der Waals surface area contributed by atoms with E-state index in [0.29, 0.717) is 12.1 Å². The van der Waals surface area contributed by atoms with Crippen LogP contribution in [0.2, 0.25) is 0 Å². The summed E-state index contributed by atoms with van der Waals surface area (Å²) in [6.45, 7) is 1.31. The van der Waals surface area contributed by atoms with Crippen LogP contribution in [0.5, 0.6) is 0 Å². The number of hydrogen-bond donors (Lipinski definition) is 2. The highest BCUT2D eigenvalue weighted by Crippen LogP contribution is 2.38. The number of rotatable bonds is 3. The molecule has 0 aromatic heterocycles. The van der Waals surface area contributed by atoms with E-state index in [1.165, 1.54) is 19.1 Å². The molecule has 0 spiro atoms. The van der Waals surface area contributed by atoms with E-state index in [-0.39, 0.29) is 11.1 Å². The van der Waals surface area contributed by atoms with Crippen LogP contribution in [0.4, 0.5) is 26.3 Å². The maximum absolute atomic E-state index is 12.9. The van der Waals surface area contributed by atoms with Gasteiger partial charge < -0.3 is 10.8 Å². The summed E-state index contributed by atoms with van der Waals surface area (Å²) < 4.78 is 77.5. The maximum Gasteiger partial charge on any atom is 0.416 e. The molecule has 136 valence electrons. The Morgan fingerprint density at radius 3 is 1.36 bits per heavy atom. The van der Waals surface area contributed by atoms with Crippen LogP contribution < -0.4 is 5.73 Å². The molecule has 0 saturated carbocycles. The molecule has 0 aliphatic rings. The van der Waals surface area contributed by atoms with Gasteiger partial charge in [-0.2, -0.15) is 26.3 Å². The standard InChI is InChI=1S/C17H15F6NO/c1-10(24)15(25,11-4-2-6-13(8-11)16(18,19)20)12-5-3-7-14(9-12)17(21,22)23/h2-10,25H,24H2,1H3. The second-order valence-electron chi connectivity index (χ2n) is 5.71. The molecule has 0 heterocycles. The summed E-state index contributed by atoms with van der Waals surface area (Å²) in [7, 11) is 0. The summed E-state index contributed by atoms with van der Waals surface area (Å²) in [5, 5.41) is 11.0. The number of hydrogen-bond acceptors (Lipinski definition) is 2. The van der Waals surface area contributed by atoms with E-state index in [4.69, 9.17) is 5.73 Å². The first-order valence-corrected chi connectivity index (χ1v) is 7.20. The third kappa shape index (κ3) is 3.80. The maximum atomic E-state index is 12.9. The second kappa shape index (κ2) is 6.34. The zero-order valence-electron chi connectivity index (χ0n) is 13.0. The van der Waals surface area contributed by atoms with Crippen LogP contribution in [0.15, 0.2) is 48.5 Å². The molecule has 0 bridgehead atoms. The molecule has 8 heteroatoms. The second-order valence-corrected chi connectivity index (χ2v) is 5.71.